The van der Waals surface area contributed by atoms with Crippen molar-refractivity contribution in [3.63, 3.8) is 0 Å². The summed E-state index contributed by atoms with van der Waals surface area (Å²) in [5, 5.41) is 0. The van der Waals surface area contributed by atoms with Gasteiger partial charge in [-0.1, -0.05) is 0 Å². The lowest BCUT2D eigenvalue weighted by Gasteiger charge is -2.37. The van der Waals surface area contributed by atoms with Gasteiger partial charge in [0.05, 0.1) is 24.1 Å². The third-order valence-corrected chi connectivity index (χ3v) is 2.86. The predicted molar refractivity (Wildman–Crippen MR) is 65.6 cm³/mol. The fourth-order valence-corrected chi connectivity index (χ4v) is 2.28. The van der Waals surface area contributed by atoms with Crippen LogP contribution in [-0.2, 0) is 4.74 Å². The van der Waals surface area contributed by atoms with Gasteiger partial charge in [0.2, 0.25) is 0 Å². The second-order valence-corrected chi connectivity index (χ2v) is 4.56. The number of nitrogens with zero attached hydrogens (tertiary/aromatic N) is 2. The molecule has 1 aliphatic heterocycles. The lowest BCUT2D eigenvalue weighted by Crippen LogP contribution is -2.45. The number of nitrogens with two attached hydrogens (primary N) is 1. The van der Waals surface area contributed by atoms with Crippen LogP contribution in [0.15, 0.2) is 12.3 Å². The van der Waals surface area contributed by atoms with Crippen LogP contribution in [0.25, 0.3) is 0 Å². The van der Waals surface area contributed by atoms with Crippen LogP contribution in [-0.4, -0.2) is 30.3 Å². The first kappa shape index (κ1) is 11.2. The van der Waals surface area contributed by atoms with Gasteiger partial charge in [-0.15, -0.1) is 0 Å². The molecule has 88 valence electrons. The average Bonchev–Trinajstić information content (AvgIpc) is 2.15. The number of ether oxygens (including phenoxy) is 1. The van der Waals surface area contributed by atoms with Crippen molar-refractivity contribution in [2.45, 2.75) is 33.0 Å². The van der Waals surface area contributed by atoms with Gasteiger partial charge in [-0.25, -0.2) is 4.98 Å². The van der Waals surface area contributed by atoms with Gasteiger partial charge in [-0.05, 0) is 32.4 Å². The van der Waals surface area contributed by atoms with Gasteiger partial charge < -0.3 is 15.4 Å². The number of nitrogen functional groups attached to an aromatic ring is 1. The van der Waals surface area contributed by atoms with Crippen LogP contribution < -0.4 is 10.6 Å². The number of aromatic nitrogens is 1. The van der Waals surface area contributed by atoms with Crippen LogP contribution in [0, 0.1) is 6.92 Å². The Balaban J connectivity index is 2.23. The molecule has 2 unspecified atom stereocenters. The quantitative estimate of drug-likeness (QED) is 0.782. The zero-order chi connectivity index (χ0) is 11.7. The van der Waals surface area contributed by atoms with Crippen LogP contribution in [0.2, 0.25) is 0 Å². The zero-order valence-corrected chi connectivity index (χ0v) is 10.1. The van der Waals surface area contributed by atoms with E-state index in [2.05, 4.69) is 30.7 Å². The predicted octanol–water partition coefficient (Wildman–Crippen LogP) is 1.59. The summed E-state index contributed by atoms with van der Waals surface area (Å²) in [6.07, 6.45) is 2.39. The maximum atomic E-state index is 5.71. The summed E-state index contributed by atoms with van der Waals surface area (Å²) >= 11 is 0. The molecule has 0 bridgehead atoms. The standard InChI is InChI=1S/C12H19N3O/c1-8-4-12(13)14-5-11(8)15-6-9(2)16-10(3)7-15/h4-5,9-10H,6-7H2,1-3H3,(H2,13,14). The molecular formula is C12H19N3O. The second kappa shape index (κ2) is 4.29. The van der Waals surface area contributed by atoms with Crippen molar-refractivity contribution in [2.24, 2.45) is 0 Å². The van der Waals surface area contributed by atoms with E-state index in [0.29, 0.717) is 5.82 Å². The molecule has 2 N–H and O–H groups in total. The highest BCUT2D eigenvalue weighted by molar-refractivity contribution is 5.55. The van der Waals surface area contributed by atoms with Crippen LogP contribution >= 0.6 is 0 Å². The van der Waals surface area contributed by atoms with Crippen LogP contribution in [0.5, 0.6) is 0 Å². The summed E-state index contributed by atoms with van der Waals surface area (Å²) < 4.78 is 5.71. The van der Waals surface area contributed by atoms with Crippen molar-refractivity contribution < 1.29 is 4.74 Å². The maximum absolute atomic E-state index is 5.71. The highest BCUT2D eigenvalue weighted by Gasteiger charge is 2.23. The fraction of sp³-hybridized carbons (Fsp3) is 0.583. The van der Waals surface area contributed by atoms with E-state index < -0.39 is 0 Å². The average molecular weight is 221 g/mol. The molecule has 1 aromatic rings. The molecule has 1 saturated heterocycles. The molecule has 0 spiro atoms. The molecule has 4 nitrogen and oxygen atoms in total. The summed E-state index contributed by atoms with van der Waals surface area (Å²) in [7, 11) is 0. The molecular weight excluding hydrogens is 202 g/mol. The Kier molecular flexibility index (Phi) is 3.01. The summed E-state index contributed by atoms with van der Waals surface area (Å²) in [5.41, 5.74) is 8.00. The number of morpholine rings is 1. The molecule has 0 radical (unpaired) electrons. The van der Waals surface area contributed by atoms with Gasteiger partial charge in [0.1, 0.15) is 5.82 Å². The normalized spacial score (nSPS) is 25.8. The molecule has 0 saturated carbocycles. The van der Waals surface area contributed by atoms with E-state index in [1.54, 1.807) is 0 Å². The monoisotopic (exact) mass is 221 g/mol. The second-order valence-electron chi connectivity index (χ2n) is 4.56. The lowest BCUT2D eigenvalue weighted by atomic mass is 10.1. The van der Waals surface area contributed by atoms with Crippen LogP contribution in [0.3, 0.4) is 0 Å². The van der Waals surface area contributed by atoms with E-state index in [1.165, 1.54) is 5.56 Å². The Morgan fingerprint density at radius 1 is 1.38 bits per heavy atom. The number of hydrogen-bond acceptors (Lipinski definition) is 4. The Labute approximate surface area is 96.4 Å². The van der Waals surface area contributed by atoms with Crippen molar-refractivity contribution in [1.82, 2.24) is 4.98 Å². The topological polar surface area (TPSA) is 51.4 Å². The van der Waals surface area contributed by atoms with Crippen molar-refractivity contribution in [2.75, 3.05) is 23.7 Å². The number of anilines is 2. The smallest absolute Gasteiger partial charge is 0.123 e. The molecule has 1 aromatic heterocycles. The SMILES string of the molecule is Cc1cc(N)ncc1N1CC(C)OC(C)C1. The molecule has 0 amide bonds. The molecule has 4 heteroatoms. The molecule has 0 aliphatic carbocycles. The van der Waals surface area contributed by atoms with Crippen molar-refractivity contribution >= 4 is 11.5 Å². The van der Waals surface area contributed by atoms with Crippen LogP contribution in [0.4, 0.5) is 11.5 Å². The van der Waals surface area contributed by atoms with Crippen LogP contribution in [0.1, 0.15) is 19.4 Å². The minimum absolute atomic E-state index is 0.265. The van der Waals surface area contributed by atoms with Crippen molar-refractivity contribution in [3.8, 4) is 0 Å². The molecule has 0 aromatic carbocycles. The van der Waals surface area contributed by atoms with E-state index in [4.69, 9.17) is 10.5 Å². The largest absolute Gasteiger partial charge is 0.384 e. The van der Waals surface area contributed by atoms with E-state index in [9.17, 15) is 0 Å². The third kappa shape index (κ3) is 2.27. The van der Waals surface area contributed by atoms with Gasteiger partial charge in [0, 0.05) is 13.1 Å². The van der Waals surface area contributed by atoms with Gasteiger partial charge in [0.15, 0.2) is 0 Å². The van der Waals surface area contributed by atoms with Crippen molar-refractivity contribution in [3.05, 3.63) is 17.8 Å². The molecule has 2 heterocycles. The van der Waals surface area contributed by atoms with Crippen molar-refractivity contribution in [1.29, 1.82) is 0 Å². The number of hydrogen-bond donors (Lipinski definition) is 1. The summed E-state index contributed by atoms with van der Waals surface area (Å²) in [6.45, 7) is 8.09. The molecule has 2 rings (SSSR count). The highest BCUT2D eigenvalue weighted by atomic mass is 16.5. The first-order valence-electron chi connectivity index (χ1n) is 5.69. The number of rotatable bonds is 1. The van der Waals surface area contributed by atoms with E-state index >= 15 is 0 Å². The third-order valence-electron chi connectivity index (χ3n) is 2.86. The highest BCUT2D eigenvalue weighted by Crippen LogP contribution is 2.24. The Hall–Kier alpha value is -1.29. The lowest BCUT2D eigenvalue weighted by molar-refractivity contribution is -0.00526. The van der Waals surface area contributed by atoms with Gasteiger partial charge in [-0.2, -0.15) is 0 Å². The van der Waals surface area contributed by atoms with E-state index in [1.807, 2.05) is 12.3 Å². The summed E-state index contributed by atoms with van der Waals surface area (Å²) in [6, 6.07) is 1.92. The zero-order valence-electron chi connectivity index (χ0n) is 10.1. The van der Waals surface area contributed by atoms with Gasteiger partial charge in [-0.3, -0.25) is 0 Å². The minimum atomic E-state index is 0.265. The van der Waals surface area contributed by atoms with Gasteiger partial charge >= 0.3 is 0 Å². The minimum Gasteiger partial charge on any atom is -0.384 e. The first-order valence-corrected chi connectivity index (χ1v) is 5.69. The maximum Gasteiger partial charge on any atom is 0.123 e. The molecule has 2 atom stereocenters. The number of pyridine rings is 1. The number of aryl methyl sites for hydroxylation is 1. The van der Waals surface area contributed by atoms with E-state index in [-0.39, 0.29) is 12.2 Å². The Morgan fingerprint density at radius 2 is 2.00 bits per heavy atom. The summed E-state index contributed by atoms with van der Waals surface area (Å²) in [5.74, 6) is 0.579. The first-order chi connectivity index (χ1) is 7.56. The molecule has 16 heavy (non-hydrogen) atoms. The molecule has 1 aliphatic rings. The molecule has 1 fully saturated rings. The fourth-order valence-electron chi connectivity index (χ4n) is 2.28. The van der Waals surface area contributed by atoms with Gasteiger partial charge in [0.25, 0.3) is 0 Å². The Bertz CT molecular complexity index is 371. The Morgan fingerprint density at radius 3 is 2.56 bits per heavy atom. The summed E-state index contributed by atoms with van der Waals surface area (Å²) in [4.78, 5) is 6.48. The van der Waals surface area contributed by atoms with E-state index in [0.717, 1.165) is 18.8 Å².